The monoisotopic (exact) mass is 499 g/mol. The number of urea groups is 2. The summed E-state index contributed by atoms with van der Waals surface area (Å²) in [5.41, 5.74) is 4.09. The summed E-state index contributed by atoms with van der Waals surface area (Å²) in [6, 6.07) is 5.20. The number of hydrogen-bond donors (Lipinski definition) is 2. The van der Waals surface area contributed by atoms with Gasteiger partial charge >= 0.3 is 18.0 Å². The molecule has 0 aromatic heterocycles. The Kier molecular flexibility index (Phi) is 9.37. The molecule has 0 radical (unpaired) electrons. The van der Waals surface area contributed by atoms with E-state index in [1.807, 2.05) is 57.7 Å². The zero-order chi connectivity index (χ0) is 26.4. The minimum Gasteiger partial charge on any atom is -0.463 e. The van der Waals surface area contributed by atoms with Crippen LogP contribution in [0.5, 0.6) is 0 Å². The van der Waals surface area contributed by atoms with Gasteiger partial charge in [0.15, 0.2) is 0 Å². The van der Waals surface area contributed by atoms with Gasteiger partial charge in [-0.15, -0.1) is 0 Å². The number of carbonyl (C=O) groups is 3. The predicted octanol–water partition coefficient (Wildman–Crippen LogP) is 3.33. The van der Waals surface area contributed by atoms with Crippen LogP contribution in [-0.2, 0) is 9.53 Å². The van der Waals surface area contributed by atoms with E-state index in [2.05, 4.69) is 15.5 Å². The van der Waals surface area contributed by atoms with E-state index in [4.69, 9.17) is 4.74 Å². The fraction of sp³-hybridized carbons (Fsp3) is 0.593. The summed E-state index contributed by atoms with van der Waals surface area (Å²) in [5, 5.41) is 6.01. The third-order valence-electron chi connectivity index (χ3n) is 6.87. The van der Waals surface area contributed by atoms with Gasteiger partial charge in [0.2, 0.25) is 0 Å². The number of esters is 1. The quantitative estimate of drug-likeness (QED) is 0.535. The summed E-state index contributed by atoms with van der Waals surface area (Å²) in [5.74, 6) is -0.414. The Morgan fingerprint density at radius 1 is 1.17 bits per heavy atom. The molecule has 2 aliphatic rings. The molecule has 3 rings (SSSR count). The number of aryl methyl sites for hydroxylation is 2. The van der Waals surface area contributed by atoms with Crippen molar-refractivity contribution in [3.8, 4) is 0 Å². The number of carbonyl (C=O) groups excluding carboxylic acids is 3. The van der Waals surface area contributed by atoms with Crippen molar-refractivity contribution in [2.75, 3.05) is 45.9 Å². The van der Waals surface area contributed by atoms with E-state index in [1.165, 1.54) is 0 Å². The Labute approximate surface area is 214 Å². The van der Waals surface area contributed by atoms with Crippen LogP contribution in [-0.4, -0.2) is 84.6 Å². The van der Waals surface area contributed by atoms with Crippen LogP contribution in [0.15, 0.2) is 29.5 Å². The van der Waals surface area contributed by atoms with E-state index in [9.17, 15) is 14.4 Å². The highest BCUT2D eigenvalue weighted by atomic mass is 16.5. The molecule has 0 saturated carbocycles. The van der Waals surface area contributed by atoms with Crippen molar-refractivity contribution < 1.29 is 19.1 Å². The van der Waals surface area contributed by atoms with Crippen LogP contribution >= 0.6 is 0 Å². The normalized spacial score (nSPS) is 20.9. The molecule has 2 atom stereocenters. The summed E-state index contributed by atoms with van der Waals surface area (Å²) >= 11 is 0. The molecule has 9 nitrogen and oxygen atoms in total. The third kappa shape index (κ3) is 6.00. The summed E-state index contributed by atoms with van der Waals surface area (Å²) in [6.07, 6.45) is 0.890. The molecule has 1 saturated heterocycles. The highest BCUT2D eigenvalue weighted by Crippen LogP contribution is 2.34. The zero-order valence-electron chi connectivity index (χ0n) is 22.5. The summed E-state index contributed by atoms with van der Waals surface area (Å²) in [4.78, 5) is 44.9. The molecule has 0 spiro atoms. The van der Waals surface area contributed by atoms with E-state index in [1.54, 1.807) is 11.8 Å². The number of nitrogens with one attached hydrogen (secondary N) is 2. The molecule has 4 amide bonds. The third-order valence-corrected chi connectivity index (χ3v) is 6.87. The van der Waals surface area contributed by atoms with E-state index < -0.39 is 12.0 Å². The Balaban J connectivity index is 1.97. The molecule has 36 heavy (non-hydrogen) atoms. The lowest BCUT2D eigenvalue weighted by atomic mass is 9.90. The number of hydrogen-bond acceptors (Lipinski definition) is 5. The molecule has 1 fully saturated rings. The average molecular weight is 500 g/mol. The maximum atomic E-state index is 13.4. The van der Waals surface area contributed by atoms with Crippen molar-refractivity contribution in [2.24, 2.45) is 0 Å². The Bertz CT molecular complexity index is 1010. The van der Waals surface area contributed by atoms with Crippen LogP contribution in [0, 0.1) is 13.8 Å². The Morgan fingerprint density at radius 2 is 1.92 bits per heavy atom. The molecular weight excluding hydrogens is 458 g/mol. The van der Waals surface area contributed by atoms with E-state index in [0.717, 1.165) is 23.1 Å². The number of piperazine rings is 1. The second kappa shape index (κ2) is 12.3. The predicted molar refractivity (Wildman–Crippen MR) is 140 cm³/mol. The van der Waals surface area contributed by atoms with Crippen LogP contribution in [0.2, 0.25) is 0 Å². The van der Waals surface area contributed by atoms with Crippen LogP contribution in [0.1, 0.15) is 56.8 Å². The fourth-order valence-corrected chi connectivity index (χ4v) is 4.99. The number of nitrogens with zero attached hydrogens (tertiary/aromatic N) is 3. The van der Waals surface area contributed by atoms with Crippen molar-refractivity contribution in [1.82, 2.24) is 25.3 Å². The van der Waals surface area contributed by atoms with Crippen molar-refractivity contribution in [1.29, 1.82) is 0 Å². The van der Waals surface area contributed by atoms with Gasteiger partial charge < -0.3 is 20.3 Å². The molecule has 2 N–H and O–H groups in total. The van der Waals surface area contributed by atoms with E-state index in [0.29, 0.717) is 50.5 Å². The molecule has 9 heteroatoms. The highest BCUT2D eigenvalue weighted by Gasteiger charge is 2.39. The summed E-state index contributed by atoms with van der Waals surface area (Å²) < 4.78 is 5.50. The minimum absolute atomic E-state index is 0.00422. The first-order valence-electron chi connectivity index (χ1n) is 13.0. The maximum absolute atomic E-state index is 13.4. The van der Waals surface area contributed by atoms with Crippen LogP contribution in [0.4, 0.5) is 9.59 Å². The Hall–Kier alpha value is -3.07. The molecule has 2 heterocycles. The first-order valence-corrected chi connectivity index (χ1v) is 13.0. The fourth-order valence-electron chi connectivity index (χ4n) is 4.99. The molecule has 198 valence electrons. The molecule has 2 aliphatic heterocycles. The maximum Gasteiger partial charge on any atom is 0.338 e. The SMILES string of the molecule is CCCNC(=O)N1CCN(CC2=C(C(=O)OCC)[C@H](c3cc(C)ccc3C)NC(=O)N2CC)C[C@H]1C. The number of rotatable bonds is 8. The number of likely N-dealkylation sites (N-methyl/N-ethyl adjacent to an activating group) is 1. The van der Waals surface area contributed by atoms with Gasteiger partial charge in [-0.25, -0.2) is 14.4 Å². The largest absolute Gasteiger partial charge is 0.463 e. The molecule has 1 aromatic carbocycles. The van der Waals surface area contributed by atoms with Crippen molar-refractivity contribution in [3.63, 3.8) is 0 Å². The number of amides is 4. The van der Waals surface area contributed by atoms with Crippen molar-refractivity contribution >= 4 is 18.0 Å². The molecule has 0 bridgehead atoms. The number of ether oxygens (including phenoxy) is 1. The van der Waals surface area contributed by atoms with Crippen molar-refractivity contribution in [3.05, 3.63) is 46.2 Å². The molecule has 1 aromatic rings. The average Bonchev–Trinajstić information content (AvgIpc) is 2.84. The van der Waals surface area contributed by atoms with Crippen molar-refractivity contribution in [2.45, 2.75) is 60.0 Å². The van der Waals surface area contributed by atoms with Gasteiger partial charge in [0, 0.05) is 51.0 Å². The smallest absolute Gasteiger partial charge is 0.338 e. The number of benzene rings is 1. The van der Waals surface area contributed by atoms with E-state index in [-0.39, 0.29) is 24.7 Å². The van der Waals surface area contributed by atoms with Crippen LogP contribution < -0.4 is 10.6 Å². The van der Waals surface area contributed by atoms with Gasteiger partial charge in [-0.3, -0.25) is 9.80 Å². The Morgan fingerprint density at radius 3 is 2.56 bits per heavy atom. The van der Waals surface area contributed by atoms with Gasteiger partial charge in [0.25, 0.3) is 0 Å². The second-order valence-electron chi connectivity index (χ2n) is 9.58. The lowest BCUT2D eigenvalue weighted by molar-refractivity contribution is -0.139. The summed E-state index contributed by atoms with van der Waals surface area (Å²) in [6.45, 7) is 15.4. The minimum atomic E-state index is -0.590. The van der Waals surface area contributed by atoms with Gasteiger partial charge in [-0.2, -0.15) is 0 Å². The van der Waals surface area contributed by atoms with E-state index >= 15 is 0 Å². The molecule has 0 unspecified atom stereocenters. The van der Waals surface area contributed by atoms with Gasteiger partial charge in [-0.05, 0) is 52.2 Å². The topological polar surface area (TPSA) is 94.2 Å². The lowest BCUT2D eigenvalue weighted by Gasteiger charge is -2.43. The first-order chi connectivity index (χ1) is 17.2. The molecular formula is C27H41N5O4. The highest BCUT2D eigenvalue weighted by molar-refractivity contribution is 5.95. The van der Waals surface area contributed by atoms with Gasteiger partial charge in [-0.1, -0.05) is 30.7 Å². The standard InChI is InChI=1S/C27H41N5O4/c1-7-12-28-26(34)32-14-13-30(16-20(32)6)17-22-23(25(33)36-9-3)24(29-27(35)31(22)8-2)21-15-18(4)10-11-19(21)5/h10-11,15,20,24H,7-9,12-14,16-17H2,1-6H3,(H,28,34)(H,29,35)/t20-,24+/m1/s1. The van der Waals surface area contributed by atoms with Crippen LogP contribution in [0.25, 0.3) is 0 Å². The van der Waals surface area contributed by atoms with Gasteiger partial charge in [0.1, 0.15) is 0 Å². The zero-order valence-corrected chi connectivity index (χ0v) is 22.5. The van der Waals surface area contributed by atoms with Crippen LogP contribution in [0.3, 0.4) is 0 Å². The second-order valence-corrected chi connectivity index (χ2v) is 9.58. The lowest BCUT2D eigenvalue weighted by Crippen LogP contribution is -2.58. The molecule has 0 aliphatic carbocycles. The first kappa shape index (κ1) is 27.5. The van der Waals surface area contributed by atoms with Gasteiger partial charge in [0.05, 0.1) is 18.2 Å². The summed E-state index contributed by atoms with van der Waals surface area (Å²) in [7, 11) is 0.